The summed E-state index contributed by atoms with van der Waals surface area (Å²) in [5, 5.41) is 12.0. The first-order chi connectivity index (χ1) is 13.0. The number of hydrogen-bond acceptors (Lipinski definition) is 5. The van der Waals surface area contributed by atoms with E-state index >= 15 is 0 Å². The van der Waals surface area contributed by atoms with Crippen LogP contribution in [0.25, 0.3) is 5.69 Å². The Morgan fingerprint density at radius 2 is 1.89 bits per heavy atom. The Morgan fingerprint density at radius 1 is 1.18 bits per heavy atom. The third-order valence-electron chi connectivity index (χ3n) is 5.36. The topological polar surface area (TPSA) is 72.3 Å². The second kappa shape index (κ2) is 8.49. The van der Waals surface area contributed by atoms with Gasteiger partial charge in [0.05, 0.1) is 17.5 Å². The number of nitrogens with zero attached hydrogens (tertiary/aromatic N) is 4. The molecule has 2 atom stereocenters. The summed E-state index contributed by atoms with van der Waals surface area (Å²) in [6.07, 6.45) is 3.50. The predicted molar refractivity (Wildman–Crippen MR) is 110 cm³/mol. The van der Waals surface area contributed by atoms with E-state index in [4.69, 9.17) is 4.74 Å². The Bertz CT molecular complexity index is 821. The molecule has 2 aliphatic heterocycles. The molecule has 0 aliphatic carbocycles. The van der Waals surface area contributed by atoms with Gasteiger partial charge in [0.2, 0.25) is 0 Å². The van der Waals surface area contributed by atoms with Crippen LogP contribution in [0.3, 0.4) is 0 Å². The highest BCUT2D eigenvalue weighted by Crippen LogP contribution is 2.23. The summed E-state index contributed by atoms with van der Waals surface area (Å²) >= 11 is 0. The van der Waals surface area contributed by atoms with Gasteiger partial charge in [-0.15, -0.1) is 17.5 Å². The SMILES string of the molecule is Cc1c(C(=O)N2CCC3CCC(C2)N3)nnn1-c1ccc(OC(C)C)cc1.Cl. The minimum atomic E-state index is -0.0205. The van der Waals surface area contributed by atoms with Crippen molar-refractivity contribution in [3.05, 3.63) is 35.7 Å². The molecule has 2 aliphatic rings. The highest BCUT2D eigenvalue weighted by Gasteiger charge is 2.33. The Kier molecular flexibility index (Phi) is 6.25. The van der Waals surface area contributed by atoms with E-state index in [-0.39, 0.29) is 24.4 Å². The maximum atomic E-state index is 13.0. The van der Waals surface area contributed by atoms with Crippen molar-refractivity contribution >= 4 is 18.3 Å². The number of aromatic nitrogens is 3. The lowest BCUT2D eigenvalue weighted by molar-refractivity contribution is 0.0741. The van der Waals surface area contributed by atoms with Crippen LogP contribution in [0.15, 0.2) is 24.3 Å². The molecule has 1 aromatic heterocycles. The van der Waals surface area contributed by atoms with Crippen LogP contribution in [0.5, 0.6) is 5.75 Å². The first-order valence-electron chi connectivity index (χ1n) is 9.76. The normalized spacial score (nSPS) is 21.4. The van der Waals surface area contributed by atoms with E-state index in [0.717, 1.165) is 43.1 Å². The van der Waals surface area contributed by atoms with E-state index in [2.05, 4.69) is 15.6 Å². The summed E-state index contributed by atoms with van der Waals surface area (Å²) < 4.78 is 7.40. The molecule has 2 unspecified atom stereocenters. The van der Waals surface area contributed by atoms with Crippen LogP contribution in [0.1, 0.15) is 49.3 Å². The number of amides is 1. The van der Waals surface area contributed by atoms with Crippen molar-refractivity contribution < 1.29 is 9.53 Å². The number of benzene rings is 1. The molecular formula is C20H28ClN5O2. The molecule has 7 nitrogen and oxygen atoms in total. The van der Waals surface area contributed by atoms with Gasteiger partial charge < -0.3 is 15.0 Å². The summed E-state index contributed by atoms with van der Waals surface area (Å²) in [6.45, 7) is 7.42. The molecule has 0 spiro atoms. The van der Waals surface area contributed by atoms with Crippen LogP contribution in [0.4, 0.5) is 0 Å². The van der Waals surface area contributed by atoms with Crippen LogP contribution in [-0.2, 0) is 0 Å². The van der Waals surface area contributed by atoms with E-state index in [9.17, 15) is 4.79 Å². The molecule has 2 saturated heterocycles. The van der Waals surface area contributed by atoms with Crippen molar-refractivity contribution in [1.82, 2.24) is 25.2 Å². The Hall–Kier alpha value is -2.12. The first-order valence-corrected chi connectivity index (χ1v) is 9.76. The summed E-state index contributed by atoms with van der Waals surface area (Å²) in [7, 11) is 0. The zero-order valence-electron chi connectivity index (χ0n) is 16.6. The van der Waals surface area contributed by atoms with E-state index in [1.54, 1.807) is 4.68 Å². The summed E-state index contributed by atoms with van der Waals surface area (Å²) in [5.74, 6) is 0.794. The molecule has 1 N–H and O–H groups in total. The van der Waals surface area contributed by atoms with Crippen LogP contribution in [0, 0.1) is 6.92 Å². The number of likely N-dealkylation sites (tertiary alicyclic amines) is 1. The lowest BCUT2D eigenvalue weighted by Crippen LogP contribution is -2.39. The molecular weight excluding hydrogens is 378 g/mol. The van der Waals surface area contributed by atoms with Gasteiger partial charge in [-0.1, -0.05) is 5.21 Å². The van der Waals surface area contributed by atoms with E-state index < -0.39 is 0 Å². The molecule has 0 saturated carbocycles. The number of halogens is 1. The van der Waals surface area contributed by atoms with Crippen LogP contribution in [-0.4, -0.2) is 57.1 Å². The fourth-order valence-corrected chi connectivity index (χ4v) is 3.99. The van der Waals surface area contributed by atoms with Gasteiger partial charge in [-0.3, -0.25) is 4.79 Å². The molecule has 2 aromatic rings. The van der Waals surface area contributed by atoms with Crippen molar-refractivity contribution in [2.24, 2.45) is 0 Å². The molecule has 1 amide bonds. The minimum absolute atomic E-state index is 0. The number of ether oxygens (including phenoxy) is 1. The van der Waals surface area contributed by atoms with Gasteiger partial charge in [0.15, 0.2) is 5.69 Å². The molecule has 2 bridgehead atoms. The second-order valence-corrected chi connectivity index (χ2v) is 7.77. The van der Waals surface area contributed by atoms with Gasteiger partial charge in [-0.25, -0.2) is 4.68 Å². The number of fused-ring (bicyclic) bond motifs is 2. The van der Waals surface area contributed by atoms with Crippen molar-refractivity contribution in [2.75, 3.05) is 13.1 Å². The lowest BCUT2D eigenvalue weighted by atomic mass is 10.1. The highest BCUT2D eigenvalue weighted by atomic mass is 35.5. The molecule has 2 fully saturated rings. The van der Waals surface area contributed by atoms with Crippen LogP contribution < -0.4 is 10.1 Å². The Balaban J connectivity index is 0.00000225. The van der Waals surface area contributed by atoms with Crippen molar-refractivity contribution in [3.63, 3.8) is 0 Å². The zero-order valence-corrected chi connectivity index (χ0v) is 17.4. The number of carbonyl (C=O) groups is 1. The average molecular weight is 406 g/mol. The average Bonchev–Trinajstić information content (AvgIpc) is 3.17. The molecule has 0 radical (unpaired) electrons. The van der Waals surface area contributed by atoms with Gasteiger partial charge in [0.25, 0.3) is 5.91 Å². The van der Waals surface area contributed by atoms with E-state index in [1.165, 1.54) is 6.42 Å². The monoisotopic (exact) mass is 405 g/mol. The maximum absolute atomic E-state index is 13.0. The number of nitrogens with one attached hydrogen (secondary N) is 1. The van der Waals surface area contributed by atoms with Gasteiger partial charge in [-0.2, -0.15) is 0 Å². The summed E-state index contributed by atoms with van der Waals surface area (Å²) in [5.41, 5.74) is 2.07. The third kappa shape index (κ3) is 4.15. The minimum Gasteiger partial charge on any atom is -0.491 e. The number of hydrogen-bond donors (Lipinski definition) is 1. The predicted octanol–water partition coefficient (Wildman–Crippen LogP) is 2.75. The van der Waals surface area contributed by atoms with E-state index in [0.29, 0.717) is 17.8 Å². The van der Waals surface area contributed by atoms with Gasteiger partial charge in [0.1, 0.15) is 5.75 Å². The molecule has 4 rings (SSSR count). The van der Waals surface area contributed by atoms with Crippen LogP contribution >= 0.6 is 12.4 Å². The second-order valence-electron chi connectivity index (χ2n) is 7.77. The van der Waals surface area contributed by atoms with E-state index in [1.807, 2.05) is 49.9 Å². The molecule has 3 heterocycles. The van der Waals surface area contributed by atoms with Gasteiger partial charge >= 0.3 is 0 Å². The summed E-state index contributed by atoms with van der Waals surface area (Å²) in [4.78, 5) is 15.0. The van der Waals surface area contributed by atoms with Gasteiger partial charge in [0, 0.05) is 25.2 Å². The fraction of sp³-hybridized carbons (Fsp3) is 0.550. The first kappa shape index (κ1) is 20.6. The Labute approximate surface area is 171 Å². The number of carbonyl (C=O) groups excluding carboxylic acids is 1. The largest absolute Gasteiger partial charge is 0.491 e. The van der Waals surface area contributed by atoms with Gasteiger partial charge in [-0.05, 0) is 64.3 Å². The smallest absolute Gasteiger partial charge is 0.276 e. The lowest BCUT2D eigenvalue weighted by Gasteiger charge is -2.23. The maximum Gasteiger partial charge on any atom is 0.276 e. The third-order valence-corrected chi connectivity index (χ3v) is 5.36. The highest BCUT2D eigenvalue weighted by molar-refractivity contribution is 5.93. The van der Waals surface area contributed by atoms with Crippen molar-refractivity contribution in [2.45, 2.75) is 58.2 Å². The number of rotatable bonds is 4. The quantitative estimate of drug-likeness (QED) is 0.846. The molecule has 152 valence electrons. The fourth-order valence-electron chi connectivity index (χ4n) is 3.99. The Morgan fingerprint density at radius 3 is 2.61 bits per heavy atom. The molecule has 1 aromatic carbocycles. The standard InChI is InChI=1S/C20H27N5O2.ClH/c1-13(2)27-18-8-6-17(7-9-18)25-14(3)19(22-23-25)20(26)24-11-10-15-4-5-16(12-24)21-15;/h6-9,13,15-16,21H,4-5,10-12H2,1-3H3;1H. The van der Waals surface area contributed by atoms with Crippen molar-refractivity contribution in [3.8, 4) is 11.4 Å². The van der Waals surface area contributed by atoms with Crippen LogP contribution in [0.2, 0.25) is 0 Å². The summed E-state index contributed by atoms with van der Waals surface area (Å²) in [6, 6.07) is 8.65. The molecule has 28 heavy (non-hydrogen) atoms. The van der Waals surface area contributed by atoms with Crippen molar-refractivity contribution in [1.29, 1.82) is 0 Å². The molecule has 8 heteroatoms. The zero-order chi connectivity index (χ0) is 19.0.